The molecule has 134 valence electrons. The van der Waals surface area contributed by atoms with Crippen LogP contribution in [-0.4, -0.2) is 34.1 Å². The summed E-state index contributed by atoms with van der Waals surface area (Å²) in [6.07, 6.45) is 5.21. The Morgan fingerprint density at radius 3 is 2.92 bits per heavy atom. The molecule has 1 aliphatic carbocycles. The molecule has 25 heavy (non-hydrogen) atoms. The zero-order valence-corrected chi connectivity index (χ0v) is 14.0. The molecule has 0 fully saturated rings. The quantitative estimate of drug-likeness (QED) is 0.748. The molecule has 0 saturated carbocycles. The fraction of sp³-hybridized carbons (Fsp3) is 0.444. The summed E-state index contributed by atoms with van der Waals surface area (Å²) in [6, 6.07) is 6.01. The minimum Gasteiger partial charge on any atom is -0.394 e. The zero-order chi connectivity index (χ0) is 17.6. The standard InChI is InChI=1S/C18H23FN4O2/c19-14-6-4-13(5-7-14)8-9-20-18(25)22-16-2-1-3-17-15(16)12-21-23(17)10-11-24/h4-7,12,16,24H,1-3,8-11H2,(H2,20,22,25)/t16-/m1/s1. The number of nitrogens with one attached hydrogen (secondary N) is 2. The third kappa shape index (κ3) is 4.36. The Hall–Kier alpha value is -2.41. The summed E-state index contributed by atoms with van der Waals surface area (Å²) < 4.78 is 14.7. The van der Waals surface area contributed by atoms with E-state index in [9.17, 15) is 9.18 Å². The Kier molecular flexibility index (Phi) is 5.65. The van der Waals surface area contributed by atoms with Crippen molar-refractivity contribution in [1.82, 2.24) is 20.4 Å². The number of benzene rings is 1. The normalized spacial score (nSPS) is 16.3. The fourth-order valence-electron chi connectivity index (χ4n) is 3.24. The topological polar surface area (TPSA) is 79.2 Å². The molecule has 1 aromatic carbocycles. The first-order valence-electron chi connectivity index (χ1n) is 8.61. The number of carbonyl (C=O) groups excluding carboxylic acids is 1. The lowest BCUT2D eigenvalue weighted by Gasteiger charge is -2.24. The number of aliphatic hydroxyl groups is 1. The molecule has 0 radical (unpaired) electrons. The maximum atomic E-state index is 12.9. The number of rotatable bonds is 6. The van der Waals surface area contributed by atoms with Crippen LogP contribution >= 0.6 is 0 Å². The van der Waals surface area contributed by atoms with Gasteiger partial charge in [0.15, 0.2) is 0 Å². The van der Waals surface area contributed by atoms with E-state index in [2.05, 4.69) is 15.7 Å². The Balaban J connectivity index is 1.51. The molecule has 0 saturated heterocycles. The Labute approximate surface area is 146 Å². The van der Waals surface area contributed by atoms with Gasteiger partial charge in [0.05, 0.1) is 25.4 Å². The number of aliphatic hydroxyl groups excluding tert-OH is 1. The first-order chi connectivity index (χ1) is 12.2. The maximum Gasteiger partial charge on any atom is 0.315 e. The minimum atomic E-state index is -0.260. The second kappa shape index (κ2) is 8.11. The van der Waals surface area contributed by atoms with E-state index >= 15 is 0 Å². The molecular weight excluding hydrogens is 323 g/mol. The molecule has 3 N–H and O–H groups in total. The van der Waals surface area contributed by atoms with Crippen LogP contribution in [0.2, 0.25) is 0 Å². The third-order valence-corrected chi connectivity index (χ3v) is 4.49. The van der Waals surface area contributed by atoms with Crippen LogP contribution in [0, 0.1) is 5.82 Å². The molecule has 7 heteroatoms. The highest BCUT2D eigenvalue weighted by atomic mass is 19.1. The molecule has 1 aromatic heterocycles. The van der Waals surface area contributed by atoms with Crippen molar-refractivity contribution in [1.29, 1.82) is 0 Å². The highest BCUT2D eigenvalue weighted by Gasteiger charge is 2.25. The molecule has 1 atom stereocenters. The molecule has 0 bridgehead atoms. The average Bonchev–Trinajstić information content (AvgIpc) is 3.01. The second-order valence-electron chi connectivity index (χ2n) is 6.21. The predicted molar refractivity (Wildman–Crippen MR) is 91.6 cm³/mol. The van der Waals surface area contributed by atoms with E-state index in [0.717, 1.165) is 36.1 Å². The molecule has 0 spiro atoms. The van der Waals surface area contributed by atoms with E-state index in [4.69, 9.17) is 5.11 Å². The lowest BCUT2D eigenvalue weighted by molar-refractivity contribution is 0.235. The van der Waals surface area contributed by atoms with Crippen LogP contribution in [0.4, 0.5) is 9.18 Å². The lowest BCUT2D eigenvalue weighted by atomic mass is 9.93. The number of nitrogens with zero attached hydrogens (tertiary/aromatic N) is 2. The molecule has 0 unspecified atom stereocenters. The number of carbonyl (C=O) groups is 1. The molecule has 1 heterocycles. The van der Waals surface area contributed by atoms with Crippen molar-refractivity contribution in [2.24, 2.45) is 0 Å². The lowest BCUT2D eigenvalue weighted by Crippen LogP contribution is -2.39. The highest BCUT2D eigenvalue weighted by Crippen LogP contribution is 2.29. The highest BCUT2D eigenvalue weighted by molar-refractivity contribution is 5.74. The monoisotopic (exact) mass is 346 g/mol. The van der Waals surface area contributed by atoms with E-state index in [1.54, 1.807) is 18.3 Å². The van der Waals surface area contributed by atoms with Crippen molar-refractivity contribution in [2.75, 3.05) is 13.2 Å². The SMILES string of the molecule is O=C(NCCc1ccc(F)cc1)N[C@@H]1CCCc2c1cnn2CCO. The van der Waals surface area contributed by atoms with Crippen molar-refractivity contribution in [3.8, 4) is 0 Å². The first-order valence-corrected chi connectivity index (χ1v) is 8.61. The summed E-state index contributed by atoms with van der Waals surface area (Å²) in [5, 5.41) is 19.2. The van der Waals surface area contributed by atoms with Gasteiger partial charge in [-0.05, 0) is 43.4 Å². The van der Waals surface area contributed by atoms with Crippen LogP contribution in [0.1, 0.15) is 35.7 Å². The van der Waals surface area contributed by atoms with Crippen molar-refractivity contribution < 1.29 is 14.3 Å². The van der Waals surface area contributed by atoms with Crippen LogP contribution in [0.5, 0.6) is 0 Å². The summed E-state index contributed by atoms with van der Waals surface area (Å²) in [4.78, 5) is 12.1. The zero-order valence-electron chi connectivity index (χ0n) is 14.0. The van der Waals surface area contributed by atoms with Crippen LogP contribution in [0.3, 0.4) is 0 Å². The van der Waals surface area contributed by atoms with Gasteiger partial charge >= 0.3 is 6.03 Å². The van der Waals surface area contributed by atoms with Gasteiger partial charge in [-0.2, -0.15) is 5.10 Å². The van der Waals surface area contributed by atoms with Crippen LogP contribution < -0.4 is 10.6 Å². The van der Waals surface area contributed by atoms with Crippen molar-refractivity contribution >= 4 is 6.03 Å². The molecule has 2 amide bonds. The third-order valence-electron chi connectivity index (χ3n) is 4.49. The van der Waals surface area contributed by atoms with E-state index in [1.807, 2.05) is 4.68 Å². The van der Waals surface area contributed by atoms with Gasteiger partial charge in [0.25, 0.3) is 0 Å². The Bertz CT molecular complexity index is 714. The van der Waals surface area contributed by atoms with Gasteiger partial charge in [-0.25, -0.2) is 9.18 Å². The molecule has 2 aromatic rings. The number of urea groups is 1. The summed E-state index contributed by atoms with van der Waals surface area (Å²) in [5.41, 5.74) is 3.11. The first kappa shape index (κ1) is 17.4. The molecular formula is C18H23FN4O2. The number of amides is 2. The van der Waals surface area contributed by atoms with Crippen LogP contribution in [0.25, 0.3) is 0 Å². The van der Waals surface area contributed by atoms with Gasteiger partial charge in [-0.1, -0.05) is 12.1 Å². The molecule has 0 aliphatic heterocycles. The maximum absolute atomic E-state index is 12.9. The van der Waals surface area contributed by atoms with Gasteiger partial charge in [-0.3, -0.25) is 4.68 Å². The number of hydrogen-bond acceptors (Lipinski definition) is 3. The smallest absolute Gasteiger partial charge is 0.315 e. The minimum absolute atomic E-state index is 0.0517. The van der Waals surface area contributed by atoms with Crippen molar-refractivity contribution in [3.05, 3.63) is 53.1 Å². The van der Waals surface area contributed by atoms with E-state index in [1.165, 1.54) is 12.1 Å². The largest absolute Gasteiger partial charge is 0.394 e. The van der Waals surface area contributed by atoms with Gasteiger partial charge in [0.1, 0.15) is 5.82 Å². The van der Waals surface area contributed by atoms with Gasteiger partial charge in [0.2, 0.25) is 0 Å². The van der Waals surface area contributed by atoms with Gasteiger partial charge < -0.3 is 15.7 Å². The van der Waals surface area contributed by atoms with Crippen molar-refractivity contribution in [2.45, 2.75) is 38.3 Å². The van der Waals surface area contributed by atoms with E-state index < -0.39 is 0 Å². The van der Waals surface area contributed by atoms with E-state index in [-0.39, 0.29) is 24.5 Å². The predicted octanol–water partition coefficient (Wildman–Crippen LogP) is 1.93. The molecule has 6 nitrogen and oxygen atoms in total. The summed E-state index contributed by atoms with van der Waals surface area (Å²) in [5.74, 6) is -0.260. The Morgan fingerprint density at radius 2 is 2.16 bits per heavy atom. The van der Waals surface area contributed by atoms with Crippen molar-refractivity contribution in [3.63, 3.8) is 0 Å². The number of aromatic nitrogens is 2. The molecule has 1 aliphatic rings. The number of halogens is 1. The average molecular weight is 346 g/mol. The second-order valence-corrected chi connectivity index (χ2v) is 6.21. The summed E-state index contributed by atoms with van der Waals surface area (Å²) in [7, 11) is 0. The molecule has 3 rings (SSSR count). The van der Waals surface area contributed by atoms with Crippen LogP contribution in [0.15, 0.2) is 30.5 Å². The van der Waals surface area contributed by atoms with Gasteiger partial charge in [0, 0.05) is 17.8 Å². The fourth-order valence-corrected chi connectivity index (χ4v) is 3.24. The van der Waals surface area contributed by atoms with E-state index in [0.29, 0.717) is 19.5 Å². The van der Waals surface area contributed by atoms with Crippen LogP contribution in [-0.2, 0) is 19.4 Å². The van der Waals surface area contributed by atoms with Gasteiger partial charge in [-0.15, -0.1) is 0 Å². The Morgan fingerprint density at radius 1 is 1.36 bits per heavy atom. The number of fused-ring (bicyclic) bond motifs is 1. The number of hydrogen-bond donors (Lipinski definition) is 3. The summed E-state index contributed by atoms with van der Waals surface area (Å²) >= 11 is 0. The summed E-state index contributed by atoms with van der Waals surface area (Å²) in [6.45, 7) is 1.02.